The van der Waals surface area contributed by atoms with Gasteiger partial charge in [0, 0.05) is 28.8 Å². The fourth-order valence-corrected chi connectivity index (χ4v) is 2.91. The van der Waals surface area contributed by atoms with Crippen LogP contribution in [-0.2, 0) is 6.42 Å². The molecule has 3 heteroatoms. The van der Waals surface area contributed by atoms with Crippen molar-refractivity contribution in [2.24, 2.45) is 5.73 Å². The summed E-state index contributed by atoms with van der Waals surface area (Å²) in [5, 5.41) is 0. The molecular weight excluding hydrogens is 288 g/mol. The average molecular weight is 311 g/mol. The van der Waals surface area contributed by atoms with Crippen LogP contribution in [0.1, 0.15) is 38.7 Å². The highest BCUT2D eigenvalue weighted by molar-refractivity contribution is 9.10. The number of nitrogens with zero attached hydrogens (tertiary/aromatic N) is 1. The molecule has 18 heavy (non-hydrogen) atoms. The Bertz CT molecular complexity index is 399. The van der Waals surface area contributed by atoms with Crippen LogP contribution in [-0.4, -0.2) is 18.6 Å². The summed E-state index contributed by atoms with van der Waals surface area (Å²) in [7, 11) is 0. The lowest BCUT2D eigenvalue weighted by Gasteiger charge is -2.25. The van der Waals surface area contributed by atoms with Gasteiger partial charge in [-0.15, -0.1) is 0 Å². The Morgan fingerprint density at radius 3 is 2.67 bits per heavy atom. The number of anilines is 1. The highest BCUT2D eigenvalue weighted by Crippen LogP contribution is 2.34. The fourth-order valence-electron chi connectivity index (χ4n) is 2.38. The molecule has 0 spiro atoms. The van der Waals surface area contributed by atoms with Crippen LogP contribution in [0.2, 0.25) is 0 Å². The molecule has 1 aromatic carbocycles. The number of rotatable bonds is 6. The zero-order valence-corrected chi connectivity index (χ0v) is 12.9. The number of hydrogen-bond donors (Lipinski definition) is 1. The van der Waals surface area contributed by atoms with Crippen LogP contribution in [0.15, 0.2) is 22.7 Å². The molecule has 0 radical (unpaired) electrons. The molecule has 1 saturated carbocycles. The van der Waals surface area contributed by atoms with E-state index in [1.54, 1.807) is 0 Å². The summed E-state index contributed by atoms with van der Waals surface area (Å²) >= 11 is 3.68. The first-order valence-electron chi connectivity index (χ1n) is 6.92. The smallest absolute Gasteiger partial charge is 0.0380 e. The molecule has 100 valence electrons. The van der Waals surface area contributed by atoms with E-state index >= 15 is 0 Å². The highest BCUT2D eigenvalue weighted by Gasteiger charge is 2.28. The van der Waals surface area contributed by atoms with Gasteiger partial charge in [0.05, 0.1) is 0 Å². The molecule has 1 aromatic rings. The fraction of sp³-hybridized carbons (Fsp3) is 0.600. The van der Waals surface area contributed by atoms with E-state index in [0.717, 1.165) is 19.0 Å². The van der Waals surface area contributed by atoms with Gasteiger partial charge in [0.15, 0.2) is 0 Å². The molecule has 0 amide bonds. The Balaban J connectivity index is 2.15. The van der Waals surface area contributed by atoms with Gasteiger partial charge in [-0.1, -0.05) is 28.9 Å². The maximum Gasteiger partial charge on any atom is 0.0380 e. The molecule has 1 aliphatic carbocycles. The zero-order valence-electron chi connectivity index (χ0n) is 11.3. The Morgan fingerprint density at radius 2 is 2.17 bits per heavy atom. The standard InChI is InChI=1S/C15H23BrN2/c1-3-8-18(13-6-7-13)14-5-4-12(9-11(2)17)15(16)10-14/h4-5,10-11,13H,3,6-9,17H2,1-2H3. The summed E-state index contributed by atoms with van der Waals surface area (Å²) in [6.07, 6.45) is 4.83. The Kier molecular flexibility index (Phi) is 4.68. The molecule has 2 N–H and O–H groups in total. The lowest BCUT2D eigenvalue weighted by atomic mass is 10.1. The van der Waals surface area contributed by atoms with Crippen LogP contribution in [0.25, 0.3) is 0 Å². The minimum atomic E-state index is 0.210. The quantitative estimate of drug-likeness (QED) is 0.867. The third-order valence-corrected chi connectivity index (χ3v) is 4.10. The topological polar surface area (TPSA) is 29.3 Å². The van der Waals surface area contributed by atoms with E-state index < -0.39 is 0 Å². The molecule has 0 aliphatic heterocycles. The van der Waals surface area contributed by atoms with Gasteiger partial charge in [-0.05, 0) is 50.3 Å². The molecule has 0 saturated heterocycles. The molecule has 2 nitrogen and oxygen atoms in total. The lowest BCUT2D eigenvalue weighted by molar-refractivity contribution is 0.734. The Labute approximate surface area is 119 Å². The highest BCUT2D eigenvalue weighted by atomic mass is 79.9. The lowest BCUT2D eigenvalue weighted by Crippen LogP contribution is -2.26. The normalized spacial score (nSPS) is 16.7. The predicted octanol–water partition coefficient (Wildman–Crippen LogP) is 3.72. The summed E-state index contributed by atoms with van der Waals surface area (Å²) in [6.45, 7) is 5.45. The molecule has 1 atom stereocenters. The van der Waals surface area contributed by atoms with Crippen LogP contribution in [0.4, 0.5) is 5.69 Å². The van der Waals surface area contributed by atoms with Gasteiger partial charge in [-0.2, -0.15) is 0 Å². The van der Waals surface area contributed by atoms with Crippen LogP contribution in [0.5, 0.6) is 0 Å². The van der Waals surface area contributed by atoms with Crippen molar-refractivity contribution in [3.8, 4) is 0 Å². The van der Waals surface area contributed by atoms with Crippen molar-refractivity contribution in [2.45, 2.75) is 51.6 Å². The molecule has 0 aromatic heterocycles. The molecule has 1 fully saturated rings. The number of hydrogen-bond acceptors (Lipinski definition) is 2. The summed E-state index contributed by atoms with van der Waals surface area (Å²) in [5.74, 6) is 0. The Morgan fingerprint density at radius 1 is 1.44 bits per heavy atom. The molecular formula is C15H23BrN2. The third kappa shape index (κ3) is 3.48. The van der Waals surface area contributed by atoms with E-state index in [-0.39, 0.29) is 6.04 Å². The Hall–Kier alpha value is -0.540. The SMILES string of the molecule is CCCN(c1ccc(CC(C)N)c(Br)c1)C1CC1. The second-order valence-corrected chi connectivity index (χ2v) is 6.24. The monoisotopic (exact) mass is 310 g/mol. The number of halogens is 1. The van der Waals surface area contributed by atoms with Crippen LogP contribution >= 0.6 is 15.9 Å². The first-order chi connectivity index (χ1) is 8.61. The van der Waals surface area contributed by atoms with Crippen molar-refractivity contribution < 1.29 is 0 Å². The molecule has 0 bridgehead atoms. The van der Waals surface area contributed by atoms with Crippen molar-refractivity contribution in [1.29, 1.82) is 0 Å². The number of benzene rings is 1. The van der Waals surface area contributed by atoms with E-state index in [4.69, 9.17) is 5.73 Å². The molecule has 2 rings (SSSR count). The van der Waals surface area contributed by atoms with Crippen LogP contribution in [0, 0.1) is 0 Å². The maximum absolute atomic E-state index is 5.87. The van der Waals surface area contributed by atoms with Gasteiger partial charge in [0.1, 0.15) is 0 Å². The van der Waals surface area contributed by atoms with E-state index in [9.17, 15) is 0 Å². The van der Waals surface area contributed by atoms with Gasteiger partial charge >= 0.3 is 0 Å². The predicted molar refractivity (Wildman–Crippen MR) is 82.2 cm³/mol. The maximum atomic E-state index is 5.87. The summed E-state index contributed by atoms with van der Waals surface area (Å²) < 4.78 is 1.19. The zero-order chi connectivity index (χ0) is 13.1. The minimum absolute atomic E-state index is 0.210. The van der Waals surface area contributed by atoms with Gasteiger partial charge in [0.2, 0.25) is 0 Å². The average Bonchev–Trinajstić information content (AvgIpc) is 3.12. The third-order valence-electron chi connectivity index (χ3n) is 3.36. The van der Waals surface area contributed by atoms with E-state index in [2.05, 4.69) is 46.0 Å². The van der Waals surface area contributed by atoms with Crippen molar-refractivity contribution in [2.75, 3.05) is 11.4 Å². The largest absolute Gasteiger partial charge is 0.369 e. The first kappa shape index (κ1) is 13.9. The second kappa shape index (κ2) is 6.07. The summed E-state index contributed by atoms with van der Waals surface area (Å²) in [6, 6.07) is 7.70. The number of nitrogens with two attached hydrogens (primary N) is 1. The molecule has 1 aliphatic rings. The second-order valence-electron chi connectivity index (χ2n) is 5.38. The van der Waals surface area contributed by atoms with Gasteiger partial charge in [0.25, 0.3) is 0 Å². The summed E-state index contributed by atoms with van der Waals surface area (Å²) in [4.78, 5) is 2.54. The van der Waals surface area contributed by atoms with E-state index in [0.29, 0.717) is 0 Å². The first-order valence-corrected chi connectivity index (χ1v) is 7.71. The van der Waals surface area contributed by atoms with Crippen molar-refractivity contribution >= 4 is 21.6 Å². The molecule has 0 heterocycles. The van der Waals surface area contributed by atoms with Gasteiger partial charge < -0.3 is 10.6 Å². The molecule has 1 unspecified atom stereocenters. The van der Waals surface area contributed by atoms with E-state index in [1.807, 2.05) is 6.92 Å². The minimum Gasteiger partial charge on any atom is -0.369 e. The van der Waals surface area contributed by atoms with Crippen LogP contribution in [0.3, 0.4) is 0 Å². The van der Waals surface area contributed by atoms with Gasteiger partial charge in [-0.3, -0.25) is 0 Å². The van der Waals surface area contributed by atoms with Crippen molar-refractivity contribution in [3.05, 3.63) is 28.2 Å². The van der Waals surface area contributed by atoms with Crippen molar-refractivity contribution in [1.82, 2.24) is 0 Å². The van der Waals surface area contributed by atoms with Gasteiger partial charge in [-0.25, -0.2) is 0 Å². The van der Waals surface area contributed by atoms with E-state index in [1.165, 1.54) is 35.0 Å². The van der Waals surface area contributed by atoms with Crippen molar-refractivity contribution in [3.63, 3.8) is 0 Å². The van der Waals surface area contributed by atoms with Crippen LogP contribution < -0.4 is 10.6 Å². The summed E-state index contributed by atoms with van der Waals surface area (Å²) in [5.41, 5.74) is 8.52.